The Morgan fingerprint density at radius 3 is 2.43 bits per heavy atom. The van der Waals surface area contributed by atoms with Crippen LogP contribution in [0.4, 0.5) is 0 Å². The van der Waals surface area contributed by atoms with E-state index < -0.39 is 5.60 Å². The minimum Gasteiger partial charge on any atom is -0.389 e. The first-order valence-electron chi connectivity index (χ1n) is 5.73. The molecular weight excluding hydrogens is 176 g/mol. The predicted octanol–water partition coefficient (Wildman–Crippen LogP) is 0.818. The van der Waals surface area contributed by atoms with Crippen LogP contribution in [0.15, 0.2) is 0 Å². The third kappa shape index (κ3) is 2.69. The zero-order chi connectivity index (χ0) is 10.6. The molecule has 0 bridgehead atoms. The first kappa shape index (κ1) is 12.0. The molecular formula is C11H24N2O. The van der Waals surface area contributed by atoms with E-state index in [1.165, 1.54) is 0 Å². The molecule has 1 aliphatic heterocycles. The van der Waals surface area contributed by atoms with E-state index in [4.69, 9.17) is 5.73 Å². The van der Waals surface area contributed by atoms with Gasteiger partial charge in [0.05, 0.1) is 5.60 Å². The van der Waals surface area contributed by atoms with Gasteiger partial charge in [0.25, 0.3) is 0 Å². The van der Waals surface area contributed by atoms with E-state index in [1.54, 1.807) is 0 Å². The van der Waals surface area contributed by atoms with Gasteiger partial charge in [0, 0.05) is 13.1 Å². The Morgan fingerprint density at radius 1 is 1.43 bits per heavy atom. The summed E-state index contributed by atoms with van der Waals surface area (Å²) in [6.45, 7) is 4.77. The molecule has 1 saturated heterocycles. The van der Waals surface area contributed by atoms with Crippen LogP contribution in [0.3, 0.4) is 0 Å². The average Bonchev–Trinajstić information content (AvgIpc) is 2.19. The Kier molecular flexibility index (Phi) is 4.35. The zero-order valence-corrected chi connectivity index (χ0v) is 9.50. The lowest BCUT2D eigenvalue weighted by atomic mass is 9.77. The lowest BCUT2D eigenvalue weighted by Crippen LogP contribution is -2.49. The molecule has 3 N–H and O–H groups in total. The normalized spacial score (nSPS) is 24.9. The summed E-state index contributed by atoms with van der Waals surface area (Å²) in [5.41, 5.74) is 5.25. The van der Waals surface area contributed by atoms with E-state index in [0.29, 0.717) is 12.5 Å². The van der Waals surface area contributed by atoms with Gasteiger partial charge in [0.1, 0.15) is 0 Å². The van der Waals surface area contributed by atoms with E-state index in [1.807, 2.05) is 0 Å². The summed E-state index contributed by atoms with van der Waals surface area (Å²) in [5, 5.41) is 10.5. The lowest BCUT2D eigenvalue weighted by Gasteiger charge is -2.41. The van der Waals surface area contributed by atoms with E-state index in [-0.39, 0.29) is 0 Å². The molecule has 0 aromatic carbocycles. The summed E-state index contributed by atoms with van der Waals surface area (Å²) in [4.78, 5) is 2.27. The van der Waals surface area contributed by atoms with Crippen molar-refractivity contribution in [3.63, 3.8) is 0 Å². The molecule has 1 rings (SSSR count). The van der Waals surface area contributed by atoms with Crippen molar-refractivity contribution in [3.8, 4) is 0 Å². The van der Waals surface area contributed by atoms with Gasteiger partial charge in [-0.3, -0.25) is 0 Å². The molecule has 14 heavy (non-hydrogen) atoms. The van der Waals surface area contributed by atoms with E-state index in [2.05, 4.69) is 18.9 Å². The number of likely N-dealkylation sites (tertiary alicyclic amines) is 1. The lowest BCUT2D eigenvalue weighted by molar-refractivity contribution is -0.0630. The van der Waals surface area contributed by atoms with Crippen molar-refractivity contribution in [1.29, 1.82) is 0 Å². The highest BCUT2D eigenvalue weighted by molar-refractivity contribution is 4.91. The number of hydrogen-bond acceptors (Lipinski definition) is 3. The minimum atomic E-state index is -0.489. The highest BCUT2D eigenvalue weighted by Gasteiger charge is 2.37. The quantitative estimate of drug-likeness (QED) is 0.706. The number of piperidine rings is 1. The van der Waals surface area contributed by atoms with Gasteiger partial charge < -0.3 is 15.7 Å². The monoisotopic (exact) mass is 200 g/mol. The summed E-state index contributed by atoms with van der Waals surface area (Å²) in [6, 6.07) is 0. The molecule has 0 saturated carbocycles. The van der Waals surface area contributed by atoms with Crippen molar-refractivity contribution in [2.75, 3.05) is 26.7 Å². The van der Waals surface area contributed by atoms with Crippen molar-refractivity contribution < 1.29 is 5.11 Å². The highest BCUT2D eigenvalue weighted by Crippen LogP contribution is 2.31. The molecule has 3 nitrogen and oxygen atoms in total. The van der Waals surface area contributed by atoms with Gasteiger partial charge in [0.2, 0.25) is 0 Å². The maximum atomic E-state index is 10.5. The minimum absolute atomic E-state index is 0.293. The van der Waals surface area contributed by atoms with Crippen LogP contribution in [0, 0.1) is 5.92 Å². The van der Waals surface area contributed by atoms with Crippen LogP contribution in [-0.2, 0) is 0 Å². The van der Waals surface area contributed by atoms with Crippen LogP contribution in [0.25, 0.3) is 0 Å². The van der Waals surface area contributed by atoms with Gasteiger partial charge in [-0.15, -0.1) is 0 Å². The maximum absolute atomic E-state index is 10.5. The summed E-state index contributed by atoms with van der Waals surface area (Å²) >= 11 is 0. The molecule has 1 aliphatic rings. The average molecular weight is 200 g/mol. The van der Waals surface area contributed by atoms with E-state index >= 15 is 0 Å². The Bertz CT molecular complexity index is 165. The van der Waals surface area contributed by atoms with Gasteiger partial charge in [-0.2, -0.15) is 0 Å². The molecule has 1 heterocycles. The van der Waals surface area contributed by atoms with Crippen molar-refractivity contribution in [2.45, 2.75) is 38.2 Å². The van der Waals surface area contributed by atoms with E-state index in [9.17, 15) is 5.11 Å². The fourth-order valence-corrected chi connectivity index (χ4v) is 2.37. The van der Waals surface area contributed by atoms with Crippen LogP contribution in [0.5, 0.6) is 0 Å². The second kappa shape index (κ2) is 5.10. The molecule has 84 valence electrons. The topological polar surface area (TPSA) is 49.5 Å². The van der Waals surface area contributed by atoms with Crippen LogP contribution < -0.4 is 5.73 Å². The third-order valence-electron chi connectivity index (χ3n) is 3.53. The second-order valence-corrected chi connectivity index (χ2v) is 4.63. The molecule has 0 radical (unpaired) electrons. The highest BCUT2D eigenvalue weighted by atomic mass is 16.3. The van der Waals surface area contributed by atoms with Crippen molar-refractivity contribution in [2.24, 2.45) is 11.7 Å². The first-order valence-corrected chi connectivity index (χ1v) is 5.73. The van der Waals surface area contributed by atoms with Crippen LogP contribution in [0.1, 0.15) is 32.6 Å². The number of nitrogens with two attached hydrogens (primary N) is 1. The summed E-state index contributed by atoms with van der Waals surface area (Å²) in [7, 11) is 2.11. The summed E-state index contributed by atoms with van der Waals surface area (Å²) in [6.07, 6.45) is 3.92. The first-order chi connectivity index (χ1) is 6.62. The summed E-state index contributed by atoms with van der Waals surface area (Å²) < 4.78 is 0. The van der Waals surface area contributed by atoms with Gasteiger partial charge in [-0.05, 0) is 38.8 Å². The molecule has 0 aromatic rings. The Morgan fingerprint density at radius 2 is 2.00 bits per heavy atom. The van der Waals surface area contributed by atoms with Crippen LogP contribution in [-0.4, -0.2) is 42.3 Å². The number of aliphatic hydroxyl groups is 1. The zero-order valence-electron chi connectivity index (χ0n) is 9.50. The number of nitrogens with zero attached hydrogens (tertiary/aromatic N) is 1. The van der Waals surface area contributed by atoms with Gasteiger partial charge in [-0.1, -0.05) is 13.3 Å². The predicted molar refractivity (Wildman–Crippen MR) is 59.1 cm³/mol. The second-order valence-electron chi connectivity index (χ2n) is 4.63. The molecule has 1 unspecified atom stereocenters. The maximum Gasteiger partial charge on any atom is 0.0712 e. The fourth-order valence-electron chi connectivity index (χ4n) is 2.37. The van der Waals surface area contributed by atoms with Gasteiger partial charge in [-0.25, -0.2) is 0 Å². The molecule has 0 aromatic heterocycles. The van der Waals surface area contributed by atoms with Crippen molar-refractivity contribution >= 4 is 0 Å². The molecule has 1 fully saturated rings. The largest absolute Gasteiger partial charge is 0.389 e. The molecule has 0 spiro atoms. The molecule has 1 atom stereocenters. The third-order valence-corrected chi connectivity index (χ3v) is 3.53. The molecule has 3 heteroatoms. The van der Waals surface area contributed by atoms with Crippen molar-refractivity contribution in [1.82, 2.24) is 4.90 Å². The summed E-state index contributed by atoms with van der Waals surface area (Å²) in [5.74, 6) is 0.293. The SMILES string of the molecule is CCCC(CN)C1(O)CCN(C)CC1. The molecule has 0 amide bonds. The Balaban J connectivity index is 2.53. The Labute approximate surface area is 87.3 Å². The number of hydrogen-bond donors (Lipinski definition) is 2. The van der Waals surface area contributed by atoms with Gasteiger partial charge >= 0.3 is 0 Å². The standard InChI is InChI=1S/C11H24N2O/c1-3-4-10(9-12)11(14)5-7-13(2)8-6-11/h10,14H,3-9,12H2,1-2H3. The van der Waals surface area contributed by atoms with Crippen LogP contribution >= 0.6 is 0 Å². The Hall–Kier alpha value is -0.120. The molecule has 0 aliphatic carbocycles. The van der Waals surface area contributed by atoms with Crippen LogP contribution in [0.2, 0.25) is 0 Å². The van der Waals surface area contributed by atoms with E-state index in [0.717, 1.165) is 38.8 Å². The smallest absolute Gasteiger partial charge is 0.0712 e. The van der Waals surface area contributed by atoms with Crippen molar-refractivity contribution in [3.05, 3.63) is 0 Å². The number of rotatable bonds is 4. The fraction of sp³-hybridized carbons (Fsp3) is 1.00. The van der Waals surface area contributed by atoms with Gasteiger partial charge in [0.15, 0.2) is 0 Å².